The Hall–Kier alpha value is -1.21. The van der Waals surface area contributed by atoms with Crippen LogP contribution in [0.1, 0.15) is 32.5 Å². The highest BCUT2D eigenvalue weighted by Gasteiger charge is 2.10. The zero-order chi connectivity index (χ0) is 13.0. The van der Waals surface area contributed by atoms with Crippen LogP contribution in [-0.2, 0) is 0 Å². The van der Waals surface area contributed by atoms with E-state index in [4.69, 9.17) is 0 Å². The molecule has 5 nitrogen and oxygen atoms in total. The maximum atomic E-state index is 4.54. The third kappa shape index (κ3) is 3.39. The zero-order valence-corrected chi connectivity index (χ0v) is 12.2. The Kier molecular flexibility index (Phi) is 4.48. The second-order valence-corrected chi connectivity index (χ2v) is 5.99. The minimum Gasteiger partial charge on any atom is -0.370 e. The first-order valence-corrected chi connectivity index (χ1v) is 7.35. The van der Waals surface area contributed by atoms with Crippen molar-refractivity contribution in [3.63, 3.8) is 0 Å². The summed E-state index contributed by atoms with van der Waals surface area (Å²) in [7, 11) is 0. The van der Waals surface area contributed by atoms with Gasteiger partial charge in [0.2, 0.25) is 0 Å². The standard InChI is InChI=1S/C11H15N5S2/c1-4-12-8-5-9(16-10(15-8)7(2)3)17-11-13-6-14-18-11/h5-7H,4H2,1-3H3,(H,12,15,16). The van der Waals surface area contributed by atoms with Crippen LogP contribution in [0.25, 0.3) is 0 Å². The molecule has 0 amide bonds. The lowest BCUT2D eigenvalue weighted by atomic mass is 10.2. The zero-order valence-electron chi connectivity index (χ0n) is 10.5. The molecule has 0 spiro atoms. The van der Waals surface area contributed by atoms with Gasteiger partial charge in [0, 0.05) is 18.5 Å². The minimum absolute atomic E-state index is 0.303. The molecular weight excluding hydrogens is 266 g/mol. The summed E-state index contributed by atoms with van der Waals surface area (Å²) in [6.45, 7) is 7.07. The predicted octanol–water partition coefficient (Wildman–Crippen LogP) is 3.03. The first kappa shape index (κ1) is 13.2. The van der Waals surface area contributed by atoms with Gasteiger partial charge in [-0.15, -0.1) is 0 Å². The van der Waals surface area contributed by atoms with Crippen LogP contribution in [0.4, 0.5) is 5.82 Å². The van der Waals surface area contributed by atoms with Gasteiger partial charge in [0.1, 0.15) is 23.0 Å². The number of rotatable bonds is 5. The molecule has 0 bridgehead atoms. The van der Waals surface area contributed by atoms with Crippen molar-refractivity contribution in [2.24, 2.45) is 0 Å². The Balaban J connectivity index is 2.27. The molecule has 0 atom stereocenters. The monoisotopic (exact) mass is 281 g/mol. The SMILES string of the molecule is CCNc1cc(Sc2ncns2)nc(C(C)C)n1. The van der Waals surface area contributed by atoms with Crippen molar-refractivity contribution in [3.8, 4) is 0 Å². The molecule has 0 aliphatic rings. The molecule has 7 heteroatoms. The van der Waals surface area contributed by atoms with Gasteiger partial charge in [-0.3, -0.25) is 0 Å². The van der Waals surface area contributed by atoms with Crippen molar-refractivity contribution in [3.05, 3.63) is 18.2 Å². The number of anilines is 1. The van der Waals surface area contributed by atoms with Crippen LogP contribution in [0.5, 0.6) is 0 Å². The molecule has 0 aliphatic carbocycles. The molecule has 1 N–H and O–H groups in total. The molecule has 2 heterocycles. The van der Waals surface area contributed by atoms with Crippen LogP contribution in [0.15, 0.2) is 21.8 Å². The average Bonchev–Trinajstić information content (AvgIpc) is 2.82. The fourth-order valence-corrected chi connectivity index (χ4v) is 2.72. The van der Waals surface area contributed by atoms with Crippen LogP contribution in [0.2, 0.25) is 0 Å². The lowest BCUT2D eigenvalue weighted by Gasteiger charge is -2.09. The molecule has 0 aliphatic heterocycles. The van der Waals surface area contributed by atoms with E-state index in [0.29, 0.717) is 5.92 Å². The minimum atomic E-state index is 0.303. The van der Waals surface area contributed by atoms with Gasteiger partial charge in [-0.1, -0.05) is 13.8 Å². The first-order valence-electron chi connectivity index (χ1n) is 5.76. The van der Waals surface area contributed by atoms with Gasteiger partial charge in [-0.05, 0) is 30.2 Å². The second-order valence-electron chi connectivity index (χ2n) is 3.94. The molecular formula is C11H15N5S2. The normalized spacial score (nSPS) is 10.9. The molecule has 18 heavy (non-hydrogen) atoms. The predicted molar refractivity (Wildman–Crippen MR) is 74.3 cm³/mol. The lowest BCUT2D eigenvalue weighted by Crippen LogP contribution is -2.05. The van der Waals surface area contributed by atoms with Crippen LogP contribution in [0.3, 0.4) is 0 Å². The number of hydrogen-bond acceptors (Lipinski definition) is 7. The molecule has 2 aromatic heterocycles. The summed E-state index contributed by atoms with van der Waals surface area (Å²) in [5.41, 5.74) is 0. The summed E-state index contributed by atoms with van der Waals surface area (Å²) < 4.78 is 4.88. The fraction of sp³-hybridized carbons (Fsp3) is 0.455. The van der Waals surface area contributed by atoms with Gasteiger partial charge in [-0.25, -0.2) is 15.0 Å². The first-order chi connectivity index (χ1) is 8.69. The molecule has 0 saturated heterocycles. The van der Waals surface area contributed by atoms with Crippen molar-refractivity contribution in [2.75, 3.05) is 11.9 Å². The Morgan fingerprint density at radius 2 is 2.22 bits per heavy atom. The molecule has 96 valence electrons. The van der Waals surface area contributed by atoms with Crippen LogP contribution >= 0.6 is 23.3 Å². The topological polar surface area (TPSA) is 63.6 Å². The quantitative estimate of drug-likeness (QED) is 0.850. The second kappa shape index (κ2) is 6.10. The van der Waals surface area contributed by atoms with Crippen molar-refractivity contribution >= 4 is 29.1 Å². The summed E-state index contributed by atoms with van der Waals surface area (Å²) >= 11 is 2.89. The van der Waals surface area contributed by atoms with Crippen molar-refractivity contribution < 1.29 is 0 Å². The highest BCUT2D eigenvalue weighted by atomic mass is 32.2. The Bertz CT molecular complexity index is 498. The molecule has 0 fully saturated rings. The summed E-state index contributed by atoms with van der Waals surface area (Å²) in [6.07, 6.45) is 1.56. The van der Waals surface area contributed by atoms with E-state index in [1.807, 2.05) is 6.07 Å². The molecule has 0 unspecified atom stereocenters. The Labute approximate surface area is 115 Å². The highest BCUT2D eigenvalue weighted by Crippen LogP contribution is 2.28. The van der Waals surface area contributed by atoms with Crippen LogP contribution in [0, 0.1) is 0 Å². The van der Waals surface area contributed by atoms with Gasteiger partial charge in [0.05, 0.1) is 0 Å². The maximum absolute atomic E-state index is 4.54. The third-order valence-corrected chi connectivity index (χ3v) is 3.76. The summed E-state index contributed by atoms with van der Waals surface area (Å²) in [5, 5.41) is 4.13. The largest absolute Gasteiger partial charge is 0.370 e. The van der Waals surface area contributed by atoms with Gasteiger partial charge < -0.3 is 5.32 Å². The summed E-state index contributed by atoms with van der Waals surface area (Å²) in [4.78, 5) is 13.2. The number of nitrogens with one attached hydrogen (secondary N) is 1. The van der Waals surface area contributed by atoms with E-state index in [0.717, 1.165) is 27.6 Å². The van der Waals surface area contributed by atoms with Crippen molar-refractivity contribution in [2.45, 2.75) is 36.1 Å². The lowest BCUT2D eigenvalue weighted by molar-refractivity contribution is 0.754. The average molecular weight is 281 g/mol. The molecule has 0 aromatic carbocycles. The summed E-state index contributed by atoms with van der Waals surface area (Å²) in [6, 6.07) is 1.95. The van der Waals surface area contributed by atoms with Crippen LogP contribution in [-0.4, -0.2) is 25.9 Å². The smallest absolute Gasteiger partial charge is 0.175 e. The van der Waals surface area contributed by atoms with E-state index < -0.39 is 0 Å². The van der Waals surface area contributed by atoms with E-state index in [2.05, 4.69) is 45.4 Å². The van der Waals surface area contributed by atoms with E-state index in [-0.39, 0.29) is 0 Å². The maximum Gasteiger partial charge on any atom is 0.175 e. The molecule has 0 radical (unpaired) electrons. The number of hydrogen-bond donors (Lipinski definition) is 1. The van der Waals surface area contributed by atoms with E-state index in [9.17, 15) is 0 Å². The van der Waals surface area contributed by atoms with E-state index in [1.54, 1.807) is 6.33 Å². The van der Waals surface area contributed by atoms with Crippen molar-refractivity contribution in [1.82, 2.24) is 19.3 Å². The molecule has 2 rings (SSSR count). The van der Waals surface area contributed by atoms with E-state index in [1.165, 1.54) is 23.3 Å². The number of nitrogens with zero attached hydrogens (tertiary/aromatic N) is 4. The Morgan fingerprint density at radius 3 is 2.83 bits per heavy atom. The number of aromatic nitrogens is 4. The Morgan fingerprint density at radius 1 is 1.39 bits per heavy atom. The summed E-state index contributed by atoms with van der Waals surface area (Å²) in [5.74, 6) is 2.01. The van der Waals surface area contributed by atoms with Gasteiger partial charge in [0.15, 0.2) is 4.34 Å². The van der Waals surface area contributed by atoms with E-state index >= 15 is 0 Å². The van der Waals surface area contributed by atoms with Gasteiger partial charge in [-0.2, -0.15) is 4.37 Å². The third-order valence-electron chi connectivity index (χ3n) is 2.13. The fourth-order valence-electron chi connectivity index (χ4n) is 1.32. The molecule has 0 saturated carbocycles. The van der Waals surface area contributed by atoms with Crippen molar-refractivity contribution in [1.29, 1.82) is 0 Å². The van der Waals surface area contributed by atoms with Gasteiger partial charge >= 0.3 is 0 Å². The highest BCUT2D eigenvalue weighted by molar-refractivity contribution is 8.00. The van der Waals surface area contributed by atoms with Crippen LogP contribution < -0.4 is 5.32 Å². The molecule has 2 aromatic rings. The van der Waals surface area contributed by atoms with Gasteiger partial charge in [0.25, 0.3) is 0 Å².